The smallest absolute Gasteiger partial charge is 0.232 e. The molecule has 0 atom stereocenters. The number of allylic oxidation sites excluding steroid dienone is 2. The van der Waals surface area contributed by atoms with E-state index in [9.17, 15) is 4.79 Å². The lowest BCUT2D eigenvalue weighted by Crippen LogP contribution is -2.09. The lowest BCUT2D eigenvalue weighted by Gasteiger charge is -2.03. The number of nitrogens with zero attached hydrogens (tertiary/aromatic N) is 3. The first kappa shape index (κ1) is 15.0. The van der Waals surface area contributed by atoms with Crippen LogP contribution in [-0.2, 0) is 0 Å². The Labute approximate surface area is 116 Å². The van der Waals surface area contributed by atoms with Crippen LogP contribution < -0.4 is 10.2 Å². The molecule has 1 rings (SSSR count). The Bertz CT molecular complexity index is 756. The van der Waals surface area contributed by atoms with Crippen molar-refractivity contribution < 1.29 is 4.74 Å². The molecule has 5 heteroatoms. The fourth-order valence-corrected chi connectivity index (χ4v) is 1.70. The van der Waals surface area contributed by atoms with Crippen molar-refractivity contribution in [3.05, 3.63) is 50.4 Å². The van der Waals surface area contributed by atoms with E-state index in [4.69, 9.17) is 20.5 Å². The van der Waals surface area contributed by atoms with E-state index in [0.717, 1.165) is 5.56 Å². The zero-order chi connectivity index (χ0) is 15.3. The van der Waals surface area contributed by atoms with Gasteiger partial charge in [0.15, 0.2) is 11.3 Å². The second-order valence-corrected chi connectivity index (χ2v) is 4.20. The summed E-state index contributed by atoms with van der Waals surface area (Å²) in [5, 5.41) is 26.5. The first-order valence-electron chi connectivity index (χ1n) is 5.69. The van der Waals surface area contributed by atoms with E-state index in [1.54, 1.807) is 44.2 Å². The minimum Gasteiger partial charge on any atom is -0.440 e. The quantitative estimate of drug-likeness (QED) is 0.603. The number of hydrogen-bond acceptors (Lipinski definition) is 5. The number of aryl methyl sites for hydroxylation is 3. The maximum absolute atomic E-state index is 12.2. The standard InChI is InChI=1S/C15H11N3O2/c1-9-4-10(2)14(19)15(11(3)5-9)20-13(8-18)12(6-16)7-17/h4-5H,1-3H3. The predicted molar refractivity (Wildman–Crippen MR) is 71.4 cm³/mol. The molecule has 0 aliphatic carbocycles. The van der Waals surface area contributed by atoms with Crippen molar-refractivity contribution >= 4 is 0 Å². The third-order valence-electron chi connectivity index (χ3n) is 2.57. The Hall–Kier alpha value is -3.10. The van der Waals surface area contributed by atoms with E-state index < -0.39 is 11.3 Å². The third kappa shape index (κ3) is 3.02. The Morgan fingerprint density at radius 2 is 1.55 bits per heavy atom. The molecular formula is C15H11N3O2. The van der Waals surface area contributed by atoms with Gasteiger partial charge in [-0.25, -0.2) is 0 Å². The van der Waals surface area contributed by atoms with Crippen molar-refractivity contribution in [1.82, 2.24) is 0 Å². The highest BCUT2D eigenvalue weighted by atomic mass is 16.5. The molecule has 0 radical (unpaired) electrons. The molecule has 0 amide bonds. The summed E-state index contributed by atoms with van der Waals surface area (Å²) >= 11 is 0. The van der Waals surface area contributed by atoms with Crippen molar-refractivity contribution in [3.8, 4) is 24.0 Å². The van der Waals surface area contributed by atoms with E-state index >= 15 is 0 Å². The molecule has 1 aromatic carbocycles. The summed E-state index contributed by atoms with van der Waals surface area (Å²) in [6.07, 6.45) is 0. The lowest BCUT2D eigenvalue weighted by atomic mass is 10.2. The summed E-state index contributed by atoms with van der Waals surface area (Å²) in [4.78, 5) is 12.2. The van der Waals surface area contributed by atoms with Gasteiger partial charge in [0.1, 0.15) is 18.2 Å². The van der Waals surface area contributed by atoms with E-state index in [-0.39, 0.29) is 11.2 Å². The van der Waals surface area contributed by atoms with Crippen LogP contribution in [0.1, 0.15) is 16.7 Å². The topological polar surface area (TPSA) is 97.7 Å². The van der Waals surface area contributed by atoms with Crippen LogP contribution in [0.25, 0.3) is 0 Å². The first-order valence-corrected chi connectivity index (χ1v) is 5.69. The van der Waals surface area contributed by atoms with E-state index in [2.05, 4.69) is 0 Å². The molecule has 0 spiro atoms. The monoisotopic (exact) mass is 265 g/mol. The highest BCUT2D eigenvalue weighted by Gasteiger charge is 2.13. The van der Waals surface area contributed by atoms with Crippen LogP contribution in [-0.4, -0.2) is 0 Å². The van der Waals surface area contributed by atoms with Crippen LogP contribution in [0.3, 0.4) is 0 Å². The summed E-state index contributed by atoms with van der Waals surface area (Å²) in [6.45, 7) is 5.13. The van der Waals surface area contributed by atoms with Crippen molar-refractivity contribution in [3.63, 3.8) is 0 Å². The molecule has 0 bridgehead atoms. The summed E-state index contributed by atoms with van der Waals surface area (Å²) in [6, 6.07) is 8.19. The zero-order valence-corrected chi connectivity index (χ0v) is 11.3. The van der Waals surface area contributed by atoms with Crippen LogP contribution >= 0.6 is 0 Å². The Morgan fingerprint density at radius 1 is 1.00 bits per heavy atom. The fraction of sp³-hybridized carbons (Fsp3) is 0.200. The summed E-state index contributed by atoms with van der Waals surface area (Å²) in [7, 11) is 0. The second-order valence-electron chi connectivity index (χ2n) is 4.20. The number of nitriles is 3. The van der Waals surface area contributed by atoms with Gasteiger partial charge < -0.3 is 4.74 Å². The van der Waals surface area contributed by atoms with E-state index in [1.165, 1.54) is 0 Å². The van der Waals surface area contributed by atoms with Gasteiger partial charge in [-0.1, -0.05) is 17.7 Å². The molecule has 0 N–H and O–H groups in total. The highest BCUT2D eigenvalue weighted by molar-refractivity contribution is 5.46. The average molecular weight is 265 g/mol. The molecular weight excluding hydrogens is 254 g/mol. The number of rotatable bonds is 2. The third-order valence-corrected chi connectivity index (χ3v) is 2.57. The van der Waals surface area contributed by atoms with Gasteiger partial charge in [-0.3, -0.25) is 4.79 Å². The molecule has 0 aliphatic heterocycles. The van der Waals surface area contributed by atoms with Crippen molar-refractivity contribution in [2.24, 2.45) is 0 Å². The summed E-state index contributed by atoms with van der Waals surface area (Å²) in [5.41, 5.74) is 1.02. The minimum absolute atomic E-state index is 0.0462. The molecule has 0 aromatic heterocycles. The first-order chi connectivity index (χ1) is 9.44. The van der Waals surface area contributed by atoms with Gasteiger partial charge in [-0.05, 0) is 26.3 Å². The Kier molecular flexibility index (Phi) is 4.62. The van der Waals surface area contributed by atoms with Gasteiger partial charge in [-0.15, -0.1) is 0 Å². The van der Waals surface area contributed by atoms with Gasteiger partial charge in [0.25, 0.3) is 0 Å². The molecule has 0 fully saturated rings. The van der Waals surface area contributed by atoms with Gasteiger partial charge in [0, 0.05) is 5.56 Å². The van der Waals surface area contributed by atoms with Crippen LogP contribution in [0, 0.1) is 54.8 Å². The molecule has 0 heterocycles. The highest BCUT2D eigenvalue weighted by Crippen LogP contribution is 2.17. The van der Waals surface area contributed by atoms with Crippen LogP contribution in [0.2, 0.25) is 0 Å². The predicted octanol–water partition coefficient (Wildman–Crippen LogP) is 2.18. The molecule has 20 heavy (non-hydrogen) atoms. The molecule has 0 saturated heterocycles. The lowest BCUT2D eigenvalue weighted by molar-refractivity contribution is 0.438. The van der Waals surface area contributed by atoms with E-state index in [0.29, 0.717) is 11.1 Å². The maximum Gasteiger partial charge on any atom is 0.232 e. The molecule has 0 saturated carbocycles. The molecule has 1 aromatic rings. The van der Waals surface area contributed by atoms with Crippen molar-refractivity contribution in [2.75, 3.05) is 0 Å². The van der Waals surface area contributed by atoms with E-state index in [1.807, 2.05) is 6.92 Å². The molecule has 5 nitrogen and oxygen atoms in total. The SMILES string of the molecule is Cc1cc(C)c(OC(C#N)=C(C#N)C#N)c(=O)c(C)c1. The Balaban J connectivity index is 3.58. The minimum atomic E-state index is -0.474. The number of ether oxygens (including phenoxy) is 1. The largest absolute Gasteiger partial charge is 0.440 e. The maximum atomic E-state index is 12.2. The van der Waals surface area contributed by atoms with Crippen LogP contribution in [0.4, 0.5) is 0 Å². The van der Waals surface area contributed by atoms with Gasteiger partial charge >= 0.3 is 0 Å². The molecule has 98 valence electrons. The van der Waals surface area contributed by atoms with Gasteiger partial charge in [0.2, 0.25) is 11.2 Å². The van der Waals surface area contributed by atoms with Crippen molar-refractivity contribution in [2.45, 2.75) is 20.8 Å². The summed E-state index contributed by atoms with van der Waals surface area (Å²) < 4.78 is 5.23. The van der Waals surface area contributed by atoms with Gasteiger partial charge in [-0.2, -0.15) is 15.8 Å². The van der Waals surface area contributed by atoms with Crippen molar-refractivity contribution in [1.29, 1.82) is 15.8 Å². The van der Waals surface area contributed by atoms with Crippen LogP contribution in [0.15, 0.2) is 28.3 Å². The number of hydrogen-bond donors (Lipinski definition) is 0. The fourth-order valence-electron chi connectivity index (χ4n) is 1.70. The molecule has 0 aliphatic rings. The van der Waals surface area contributed by atoms with Crippen LogP contribution in [0.5, 0.6) is 5.75 Å². The van der Waals surface area contributed by atoms with Gasteiger partial charge in [0.05, 0.1) is 0 Å². The second kappa shape index (κ2) is 6.18. The zero-order valence-electron chi connectivity index (χ0n) is 11.3. The molecule has 0 unspecified atom stereocenters. The summed E-state index contributed by atoms with van der Waals surface area (Å²) in [5.74, 6) is -0.520. The Morgan fingerprint density at radius 3 is 2.05 bits per heavy atom. The normalized spacial score (nSPS) is 8.80. The average Bonchev–Trinajstić information content (AvgIpc) is 2.49.